The number of carbonyl (C=O) groups is 2. The van der Waals surface area contributed by atoms with Gasteiger partial charge < -0.3 is 0 Å². The van der Waals surface area contributed by atoms with Gasteiger partial charge in [0.25, 0.3) is 0 Å². The molecule has 1 heterocycles. The Morgan fingerprint density at radius 3 is 2.67 bits per heavy atom. The Labute approximate surface area is 149 Å². The average Bonchev–Trinajstić information content (AvgIpc) is 2.90. The molecule has 0 N–H and O–H groups in total. The summed E-state index contributed by atoms with van der Waals surface area (Å²) in [6.07, 6.45) is 4.82. The van der Waals surface area contributed by atoms with Crippen molar-refractivity contribution >= 4 is 31.7 Å². The van der Waals surface area contributed by atoms with E-state index in [4.69, 9.17) is 4.74 Å². The summed E-state index contributed by atoms with van der Waals surface area (Å²) in [6, 6.07) is 10.4. The number of ether oxygens (including phenoxy) is 1. The van der Waals surface area contributed by atoms with Crippen LogP contribution in [-0.2, 0) is 14.3 Å². The molecule has 1 aliphatic heterocycles. The molecule has 24 heavy (non-hydrogen) atoms. The van der Waals surface area contributed by atoms with Crippen molar-refractivity contribution in [2.24, 2.45) is 22.7 Å². The normalized spacial score (nSPS) is 39.8. The van der Waals surface area contributed by atoms with E-state index in [-0.39, 0.29) is 42.0 Å². The van der Waals surface area contributed by atoms with E-state index in [2.05, 4.69) is 26.0 Å². The van der Waals surface area contributed by atoms with Gasteiger partial charge in [0.05, 0.1) is 0 Å². The molecule has 1 aromatic rings. The van der Waals surface area contributed by atoms with Crippen molar-refractivity contribution in [3.05, 3.63) is 30.3 Å². The molecular weight excluding hydrogens is 367 g/mol. The number of rotatable bonds is 3. The standard InChI is InChI=1S/C20H24O3Se/c1-18(2)8-14-9-20(13-21,24-15-6-4-3-5-7-15)16-11-23-17(22)10-19(14,16)12-18/h3-7,13-14,16H,8-12H2,1-2H3/t14-,16+,19-,20-/m0/s1. The summed E-state index contributed by atoms with van der Waals surface area (Å²) in [5.41, 5.74) is 0.242. The van der Waals surface area contributed by atoms with Crippen LogP contribution in [0.25, 0.3) is 0 Å². The predicted octanol–water partition coefficient (Wildman–Crippen LogP) is 2.76. The van der Waals surface area contributed by atoms with Crippen molar-refractivity contribution in [3.63, 3.8) is 0 Å². The minimum absolute atomic E-state index is 0.0176. The zero-order chi connectivity index (χ0) is 17.0. The molecule has 0 amide bonds. The zero-order valence-electron chi connectivity index (χ0n) is 14.3. The molecule has 2 saturated carbocycles. The van der Waals surface area contributed by atoms with Crippen LogP contribution in [-0.4, -0.2) is 33.8 Å². The van der Waals surface area contributed by atoms with E-state index < -0.39 is 0 Å². The van der Waals surface area contributed by atoms with E-state index >= 15 is 0 Å². The second-order valence-corrected chi connectivity index (χ2v) is 11.6. The molecule has 4 atom stereocenters. The van der Waals surface area contributed by atoms with E-state index in [0.717, 1.165) is 19.3 Å². The molecule has 3 aliphatic rings. The number of esters is 1. The summed E-state index contributed by atoms with van der Waals surface area (Å²) in [6.45, 7) is 5.04. The number of cyclic esters (lactones) is 1. The average molecular weight is 391 g/mol. The summed E-state index contributed by atoms with van der Waals surface area (Å²) >= 11 is 0.0753. The second kappa shape index (κ2) is 5.44. The van der Waals surface area contributed by atoms with Gasteiger partial charge in [0.2, 0.25) is 0 Å². The third kappa shape index (κ3) is 2.38. The Morgan fingerprint density at radius 2 is 1.96 bits per heavy atom. The fourth-order valence-corrected chi connectivity index (χ4v) is 8.95. The van der Waals surface area contributed by atoms with Crippen molar-refractivity contribution in [1.29, 1.82) is 0 Å². The summed E-state index contributed by atoms with van der Waals surface area (Å²) in [5, 5.41) is 0. The van der Waals surface area contributed by atoms with Crippen molar-refractivity contribution in [2.75, 3.05) is 6.61 Å². The van der Waals surface area contributed by atoms with Crippen molar-refractivity contribution in [3.8, 4) is 0 Å². The molecule has 4 rings (SSSR count). The fraction of sp³-hybridized carbons (Fsp3) is 0.600. The van der Waals surface area contributed by atoms with Crippen LogP contribution in [0.1, 0.15) is 39.5 Å². The number of aldehydes is 1. The Kier molecular flexibility index (Phi) is 3.71. The van der Waals surface area contributed by atoms with Gasteiger partial charge in [0.1, 0.15) is 0 Å². The molecule has 0 bridgehead atoms. The molecule has 0 aromatic heterocycles. The quantitative estimate of drug-likeness (QED) is 0.452. The zero-order valence-corrected chi connectivity index (χ0v) is 16.0. The Balaban J connectivity index is 1.73. The van der Waals surface area contributed by atoms with Crippen LogP contribution in [0.3, 0.4) is 0 Å². The molecule has 1 saturated heterocycles. The molecular formula is C20H24O3Se. The van der Waals surface area contributed by atoms with E-state index in [1.165, 1.54) is 10.7 Å². The van der Waals surface area contributed by atoms with Gasteiger partial charge >= 0.3 is 149 Å². The molecule has 1 aromatic carbocycles. The van der Waals surface area contributed by atoms with Gasteiger partial charge in [-0.05, 0) is 0 Å². The van der Waals surface area contributed by atoms with Gasteiger partial charge in [-0.2, -0.15) is 0 Å². The number of carbonyl (C=O) groups excluding carboxylic acids is 2. The third-order valence-electron chi connectivity index (χ3n) is 6.40. The van der Waals surface area contributed by atoms with Crippen LogP contribution >= 0.6 is 0 Å². The molecule has 4 heteroatoms. The first-order valence-corrected chi connectivity index (χ1v) is 10.5. The van der Waals surface area contributed by atoms with Crippen LogP contribution < -0.4 is 4.46 Å². The topological polar surface area (TPSA) is 43.4 Å². The third-order valence-corrected chi connectivity index (χ3v) is 9.42. The molecule has 0 unspecified atom stereocenters. The number of benzene rings is 1. The molecule has 2 aliphatic carbocycles. The van der Waals surface area contributed by atoms with E-state index in [0.29, 0.717) is 18.9 Å². The van der Waals surface area contributed by atoms with Crippen LogP contribution in [0.5, 0.6) is 0 Å². The fourth-order valence-electron chi connectivity index (χ4n) is 5.78. The summed E-state index contributed by atoms with van der Waals surface area (Å²) in [4.78, 5) is 24.4. The summed E-state index contributed by atoms with van der Waals surface area (Å²) in [5.74, 6) is 0.594. The first-order valence-electron chi connectivity index (χ1n) is 8.75. The summed E-state index contributed by atoms with van der Waals surface area (Å²) in [7, 11) is 0. The summed E-state index contributed by atoms with van der Waals surface area (Å²) < 4.78 is 6.41. The van der Waals surface area contributed by atoms with E-state index in [1.807, 2.05) is 18.2 Å². The van der Waals surface area contributed by atoms with Crippen LogP contribution in [0.4, 0.5) is 0 Å². The maximum absolute atomic E-state index is 12.3. The van der Waals surface area contributed by atoms with Gasteiger partial charge in [0.15, 0.2) is 0 Å². The van der Waals surface area contributed by atoms with Crippen molar-refractivity contribution in [1.82, 2.24) is 0 Å². The first-order chi connectivity index (χ1) is 11.4. The van der Waals surface area contributed by atoms with Crippen molar-refractivity contribution in [2.45, 2.75) is 43.8 Å². The maximum atomic E-state index is 12.3. The molecule has 3 fully saturated rings. The number of hydrogen-bond acceptors (Lipinski definition) is 3. The SMILES string of the molecule is CC1(C)C[C@H]2C[C@@](C=O)([Se]c3ccccc3)[C@@H]3COC(=O)C[C@]23C1. The van der Waals surface area contributed by atoms with Crippen LogP contribution in [0.2, 0.25) is 4.31 Å². The Bertz CT molecular complexity index is 671. The predicted molar refractivity (Wildman–Crippen MR) is 93.2 cm³/mol. The Morgan fingerprint density at radius 1 is 1.21 bits per heavy atom. The minimum atomic E-state index is -0.323. The van der Waals surface area contributed by atoms with Gasteiger partial charge in [-0.1, -0.05) is 0 Å². The monoisotopic (exact) mass is 392 g/mol. The van der Waals surface area contributed by atoms with Gasteiger partial charge in [-0.15, -0.1) is 0 Å². The van der Waals surface area contributed by atoms with Crippen LogP contribution in [0, 0.1) is 22.7 Å². The van der Waals surface area contributed by atoms with E-state index in [9.17, 15) is 9.59 Å². The Hall–Kier alpha value is -1.12. The van der Waals surface area contributed by atoms with Gasteiger partial charge in [-0.25, -0.2) is 0 Å². The second-order valence-electron chi connectivity index (χ2n) is 8.58. The molecule has 1 spiro atoms. The molecule has 3 nitrogen and oxygen atoms in total. The van der Waals surface area contributed by atoms with E-state index in [1.54, 1.807) is 0 Å². The first kappa shape index (κ1) is 16.4. The van der Waals surface area contributed by atoms with Gasteiger partial charge in [0, 0.05) is 0 Å². The molecule has 128 valence electrons. The van der Waals surface area contributed by atoms with Crippen LogP contribution in [0.15, 0.2) is 30.3 Å². The van der Waals surface area contributed by atoms with Gasteiger partial charge in [-0.3, -0.25) is 0 Å². The molecule has 0 radical (unpaired) electrons. The number of hydrogen-bond donors (Lipinski definition) is 0. The van der Waals surface area contributed by atoms with Crippen molar-refractivity contribution < 1.29 is 14.3 Å².